The first-order valence-corrected chi connectivity index (χ1v) is 18.3. The molecule has 0 saturated heterocycles. The Hall–Kier alpha value is -1.25. The second kappa shape index (κ2) is 26.9. The van der Waals surface area contributed by atoms with Gasteiger partial charge in [0.15, 0.2) is 0 Å². The Labute approximate surface area is 269 Å². The number of carbonyl (C=O) groups is 1. The van der Waals surface area contributed by atoms with Crippen molar-refractivity contribution in [3.8, 4) is 0 Å². The van der Waals surface area contributed by atoms with Gasteiger partial charge in [0.2, 0.25) is 5.91 Å². The van der Waals surface area contributed by atoms with Gasteiger partial charge in [-0.25, -0.2) is 0 Å². The normalized spacial score (nSPS) is 22.6. The lowest BCUT2D eigenvalue weighted by molar-refractivity contribution is -0.123. The summed E-state index contributed by atoms with van der Waals surface area (Å²) in [7, 11) is 0. The molecule has 7 atom stereocenters. The summed E-state index contributed by atoms with van der Waals surface area (Å²) >= 11 is 0. The predicted molar refractivity (Wildman–Crippen MR) is 181 cm³/mol. The molecule has 1 rings (SSSR count). The highest BCUT2D eigenvalue weighted by Crippen LogP contribution is 2.37. The monoisotopic (exact) mass is 624 g/mol. The predicted octanol–water partition coefficient (Wildman–Crippen LogP) is 6.89. The van der Waals surface area contributed by atoms with E-state index in [4.69, 9.17) is 0 Å². The number of rotatable bonds is 28. The van der Waals surface area contributed by atoms with Crippen LogP contribution in [0.3, 0.4) is 0 Å². The number of nitrogens with one attached hydrogen (secondary N) is 1. The summed E-state index contributed by atoms with van der Waals surface area (Å²) < 4.78 is 0. The van der Waals surface area contributed by atoms with Crippen LogP contribution in [0.2, 0.25) is 0 Å². The number of hydrogen-bond acceptors (Lipinski definition) is 6. The van der Waals surface area contributed by atoms with Crippen molar-refractivity contribution in [3.05, 3.63) is 24.3 Å². The van der Waals surface area contributed by atoms with Crippen LogP contribution in [-0.4, -0.2) is 68.5 Å². The molecule has 0 unspecified atom stereocenters. The van der Waals surface area contributed by atoms with Gasteiger partial charge in [0.1, 0.15) is 0 Å². The SMILES string of the molecule is CCCCCCCCCCCC/C=C/[C@@H](O)[C@H](CO)NC(=O)CCCCCC[C@@H]1[C@@H](/C=C/[C@@H](O)CCCCC)[C@H](O)C[C@@H]1O. The van der Waals surface area contributed by atoms with Gasteiger partial charge >= 0.3 is 0 Å². The average molecular weight is 624 g/mol. The first kappa shape index (κ1) is 40.8. The van der Waals surface area contributed by atoms with Crippen LogP contribution >= 0.6 is 0 Å². The largest absolute Gasteiger partial charge is 0.394 e. The highest BCUT2D eigenvalue weighted by molar-refractivity contribution is 5.76. The van der Waals surface area contributed by atoms with Gasteiger partial charge in [0.25, 0.3) is 0 Å². The zero-order chi connectivity index (χ0) is 32.4. The van der Waals surface area contributed by atoms with E-state index >= 15 is 0 Å². The average Bonchev–Trinajstić information content (AvgIpc) is 3.28. The molecular weight excluding hydrogens is 554 g/mol. The molecule has 7 nitrogen and oxygen atoms in total. The summed E-state index contributed by atoms with van der Waals surface area (Å²) in [4.78, 5) is 12.4. The zero-order valence-electron chi connectivity index (χ0n) is 28.3. The number of aliphatic hydroxyl groups excluding tert-OH is 5. The van der Waals surface area contributed by atoms with E-state index in [-0.39, 0.29) is 24.3 Å². The standard InChI is InChI=1S/C37H69NO6/c1-3-5-7-8-9-10-11-12-13-14-15-20-24-34(41)33(29-39)38-37(44)25-21-17-16-19-23-31-32(36(43)28-35(31)42)27-26-30(40)22-18-6-4-2/h20,24,26-27,30-36,39-43H,3-19,21-23,25,28-29H2,1-2H3,(H,38,44)/b24-20+,27-26+/t30-,31+,32+,33-,34+,35-,36+/m0/s1. The van der Waals surface area contributed by atoms with E-state index in [1.807, 2.05) is 12.2 Å². The Morgan fingerprint density at radius 2 is 1.36 bits per heavy atom. The van der Waals surface area contributed by atoms with Crippen LogP contribution in [0, 0.1) is 11.8 Å². The second-order valence-electron chi connectivity index (χ2n) is 13.3. The molecule has 1 amide bonds. The van der Waals surface area contributed by atoms with Crippen LogP contribution in [0.15, 0.2) is 24.3 Å². The molecule has 0 aromatic rings. The molecule has 1 fully saturated rings. The van der Waals surface area contributed by atoms with Crippen LogP contribution in [0.4, 0.5) is 0 Å². The molecule has 6 N–H and O–H groups in total. The van der Waals surface area contributed by atoms with Crippen molar-refractivity contribution in [1.29, 1.82) is 0 Å². The van der Waals surface area contributed by atoms with Crippen molar-refractivity contribution in [2.75, 3.05) is 6.61 Å². The van der Waals surface area contributed by atoms with Gasteiger partial charge in [-0.15, -0.1) is 0 Å². The van der Waals surface area contributed by atoms with Gasteiger partial charge in [-0.1, -0.05) is 134 Å². The molecule has 258 valence electrons. The molecule has 0 aliphatic heterocycles. The summed E-state index contributed by atoms with van der Waals surface area (Å²) in [6, 6.07) is -0.697. The Balaban J connectivity index is 2.20. The van der Waals surface area contributed by atoms with Crippen molar-refractivity contribution in [3.63, 3.8) is 0 Å². The van der Waals surface area contributed by atoms with E-state index in [0.29, 0.717) is 12.8 Å². The Morgan fingerprint density at radius 3 is 2.02 bits per heavy atom. The minimum Gasteiger partial charge on any atom is -0.394 e. The first-order valence-electron chi connectivity index (χ1n) is 18.3. The summed E-state index contributed by atoms with van der Waals surface area (Å²) in [6.07, 6.45) is 27.5. The lowest BCUT2D eigenvalue weighted by atomic mass is 9.88. The molecule has 44 heavy (non-hydrogen) atoms. The Kier molecular flexibility index (Phi) is 24.9. The van der Waals surface area contributed by atoms with Crippen LogP contribution in [-0.2, 0) is 4.79 Å². The molecule has 1 aliphatic carbocycles. The van der Waals surface area contributed by atoms with Gasteiger partial charge < -0.3 is 30.8 Å². The van der Waals surface area contributed by atoms with Gasteiger partial charge in [0, 0.05) is 18.8 Å². The molecular formula is C37H69NO6. The lowest BCUT2D eigenvalue weighted by Gasteiger charge is -2.21. The van der Waals surface area contributed by atoms with Crippen LogP contribution in [0.25, 0.3) is 0 Å². The Morgan fingerprint density at radius 1 is 0.773 bits per heavy atom. The number of carbonyl (C=O) groups excluding carboxylic acids is 1. The van der Waals surface area contributed by atoms with E-state index in [9.17, 15) is 30.3 Å². The molecule has 1 saturated carbocycles. The van der Waals surface area contributed by atoms with E-state index < -0.39 is 30.5 Å². The van der Waals surface area contributed by atoms with Crippen LogP contribution in [0.1, 0.15) is 155 Å². The number of hydrogen-bond donors (Lipinski definition) is 6. The summed E-state index contributed by atoms with van der Waals surface area (Å²) in [5, 5.41) is 54.0. The first-order chi connectivity index (χ1) is 21.3. The molecule has 0 aromatic carbocycles. The van der Waals surface area contributed by atoms with Crippen molar-refractivity contribution in [2.45, 2.75) is 186 Å². The smallest absolute Gasteiger partial charge is 0.220 e. The van der Waals surface area contributed by atoms with Crippen molar-refractivity contribution in [2.24, 2.45) is 11.8 Å². The van der Waals surface area contributed by atoms with E-state index in [0.717, 1.165) is 70.6 Å². The van der Waals surface area contributed by atoms with Gasteiger partial charge in [0.05, 0.1) is 37.1 Å². The lowest BCUT2D eigenvalue weighted by Crippen LogP contribution is -2.45. The Bertz CT molecular complexity index is 744. The molecule has 1 aliphatic rings. The van der Waals surface area contributed by atoms with E-state index in [1.54, 1.807) is 12.2 Å². The maximum atomic E-state index is 12.4. The summed E-state index contributed by atoms with van der Waals surface area (Å²) in [5.74, 6) is -0.317. The van der Waals surface area contributed by atoms with Gasteiger partial charge in [-0.3, -0.25) is 4.79 Å². The second-order valence-corrected chi connectivity index (χ2v) is 13.3. The number of unbranched alkanes of at least 4 members (excludes halogenated alkanes) is 15. The molecule has 0 bridgehead atoms. The van der Waals surface area contributed by atoms with Crippen LogP contribution < -0.4 is 5.32 Å². The van der Waals surface area contributed by atoms with E-state index in [2.05, 4.69) is 19.2 Å². The third-order valence-corrected chi connectivity index (χ3v) is 9.28. The summed E-state index contributed by atoms with van der Waals surface area (Å²) in [6.45, 7) is 4.07. The number of amides is 1. The molecule has 0 spiro atoms. The van der Waals surface area contributed by atoms with E-state index in [1.165, 1.54) is 57.8 Å². The number of aliphatic hydroxyl groups is 5. The van der Waals surface area contributed by atoms with Crippen molar-refractivity contribution in [1.82, 2.24) is 5.32 Å². The molecule has 7 heteroatoms. The number of allylic oxidation sites excluding steroid dienone is 1. The van der Waals surface area contributed by atoms with Gasteiger partial charge in [-0.05, 0) is 38.0 Å². The maximum absolute atomic E-state index is 12.4. The topological polar surface area (TPSA) is 130 Å². The van der Waals surface area contributed by atoms with Crippen molar-refractivity contribution >= 4 is 5.91 Å². The maximum Gasteiger partial charge on any atom is 0.220 e. The molecule has 0 aromatic heterocycles. The third kappa shape index (κ3) is 19.3. The van der Waals surface area contributed by atoms with Crippen LogP contribution in [0.5, 0.6) is 0 Å². The quantitative estimate of drug-likeness (QED) is 0.0416. The highest BCUT2D eigenvalue weighted by atomic mass is 16.3. The fourth-order valence-corrected chi connectivity index (χ4v) is 6.39. The van der Waals surface area contributed by atoms with Gasteiger partial charge in [-0.2, -0.15) is 0 Å². The zero-order valence-corrected chi connectivity index (χ0v) is 28.3. The summed E-state index contributed by atoms with van der Waals surface area (Å²) in [5.41, 5.74) is 0. The third-order valence-electron chi connectivity index (χ3n) is 9.28. The minimum atomic E-state index is -0.903. The highest BCUT2D eigenvalue weighted by Gasteiger charge is 2.39. The van der Waals surface area contributed by atoms with Crippen molar-refractivity contribution < 1.29 is 30.3 Å². The fraction of sp³-hybridized carbons (Fsp3) is 0.865. The minimum absolute atomic E-state index is 0.0163. The molecule has 0 heterocycles. The molecule has 0 radical (unpaired) electrons. The fourth-order valence-electron chi connectivity index (χ4n) is 6.39.